The molecular formula is C20H29N3O. The fourth-order valence-electron chi connectivity index (χ4n) is 5.13. The van der Waals surface area contributed by atoms with Crippen LogP contribution in [0.5, 0.6) is 0 Å². The highest BCUT2D eigenvalue weighted by Crippen LogP contribution is 2.49. The lowest BCUT2D eigenvalue weighted by atomic mass is 9.86. The van der Waals surface area contributed by atoms with Gasteiger partial charge in [0.1, 0.15) is 5.82 Å². The van der Waals surface area contributed by atoms with E-state index in [-0.39, 0.29) is 5.91 Å². The molecule has 1 saturated heterocycles. The zero-order valence-corrected chi connectivity index (χ0v) is 14.5. The summed E-state index contributed by atoms with van der Waals surface area (Å²) < 4.78 is 0. The monoisotopic (exact) mass is 327 g/mol. The summed E-state index contributed by atoms with van der Waals surface area (Å²) in [5.74, 6) is 3.69. The first-order valence-electron chi connectivity index (χ1n) is 9.79. The van der Waals surface area contributed by atoms with Gasteiger partial charge in [0.15, 0.2) is 0 Å². The Kier molecular flexibility index (Phi) is 4.72. The topological polar surface area (TPSA) is 45.2 Å². The molecule has 1 N–H and O–H groups in total. The van der Waals surface area contributed by atoms with Crippen LogP contribution in [0.3, 0.4) is 0 Å². The molecule has 0 radical (unpaired) electrons. The van der Waals surface area contributed by atoms with E-state index in [4.69, 9.17) is 0 Å². The minimum Gasteiger partial charge on any atom is -0.356 e. The van der Waals surface area contributed by atoms with E-state index in [1.54, 1.807) is 6.20 Å². The molecule has 0 aromatic carbocycles. The van der Waals surface area contributed by atoms with Crippen molar-refractivity contribution in [3.8, 4) is 0 Å². The number of hydrogen-bond donors (Lipinski definition) is 1. The second-order valence-electron chi connectivity index (χ2n) is 7.90. The number of pyridine rings is 1. The maximum atomic E-state index is 12.7. The average Bonchev–Trinajstić information content (AvgIpc) is 3.25. The predicted octanol–water partition coefficient (Wildman–Crippen LogP) is 3.63. The first kappa shape index (κ1) is 15.9. The van der Waals surface area contributed by atoms with Crippen LogP contribution in [0.2, 0.25) is 0 Å². The Morgan fingerprint density at radius 3 is 2.83 bits per heavy atom. The minimum atomic E-state index is 0.0480. The van der Waals surface area contributed by atoms with Crippen LogP contribution in [0, 0.1) is 17.8 Å². The number of rotatable bonds is 5. The van der Waals surface area contributed by atoms with Gasteiger partial charge < -0.3 is 10.2 Å². The molecule has 4 rings (SSSR count). The van der Waals surface area contributed by atoms with E-state index < -0.39 is 0 Å². The number of aromatic nitrogens is 1. The normalized spacial score (nSPS) is 29.0. The summed E-state index contributed by atoms with van der Waals surface area (Å²) >= 11 is 0. The molecule has 0 spiro atoms. The van der Waals surface area contributed by atoms with Gasteiger partial charge in [-0.05, 0) is 74.8 Å². The highest BCUT2D eigenvalue weighted by Gasteiger charge is 2.38. The molecule has 3 fully saturated rings. The van der Waals surface area contributed by atoms with E-state index in [1.165, 1.54) is 44.9 Å². The summed E-state index contributed by atoms with van der Waals surface area (Å²) in [4.78, 5) is 19.4. The van der Waals surface area contributed by atoms with Gasteiger partial charge in [0, 0.05) is 25.8 Å². The minimum absolute atomic E-state index is 0.0480. The summed E-state index contributed by atoms with van der Waals surface area (Å²) in [6.45, 7) is 2.84. The third-order valence-electron chi connectivity index (χ3n) is 6.37. The van der Waals surface area contributed by atoms with Crippen molar-refractivity contribution in [1.82, 2.24) is 10.3 Å². The quantitative estimate of drug-likeness (QED) is 0.898. The SMILES string of the molecule is O=C(NCC[C@H]1C[C@@H]2CC[C@@H]1C2)c1cccnc1N1CCCCC1. The third kappa shape index (κ3) is 3.28. The molecule has 0 unspecified atom stereocenters. The first-order valence-corrected chi connectivity index (χ1v) is 9.79. The number of nitrogens with one attached hydrogen (secondary N) is 1. The van der Waals surface area contributed by atoms with E-state index in [9.17, 15) is 4.79 Å². The van der Waals surface area contributed by atoms with Crippen LogP contribution in [0.25, 0.3) is 0 Å². The van der Waals surface area contributed by atoms with E-state index in [2.05, 4.69) is 15.2 Å². The van der Waals surface area contributed by atoms with Crippen molar-refractivity contribution in [2.24, 2.45) is 17.8 Å². The second-order valence-corrected chi connectivity index (χ2v) is 7.90. The van der Waals surface area contributed by atoms with Crippen LogP contribution in [0.15, 0.2) is 18.3 Å². The van der Waals surface area contributed by atoms with Crippen molar-refractivity contribution in [2.75, 3.05) is 24.5 Å². The molecule has 2 bridgehead atoms. The number of amides is 1. The molecule has 1 aliphatic heterocycles. The molecule has 4 heteroatoms. The number of fused-ring (bicyclic) bond motifs is 2. The summed E-state index contributed by atoms with van der Waals surface area (Å²) in [5, 5.41) is 3.16. The molecule has 2 saturated carbocycles. The Labute approximate surface area is 145 Å². The molecular weight excluding hydrogens is 298 g/mol. The van der Waals surface area contributed by atoms with Gasteiger partial charge in [-0.3, -0.25) is 4.79 Å². The van der Waals surface area contributed by atoms with E-state index in [0.29, 0.717) is 0 Å². The molecule has 1 aromatic rings. The molecule has 3 aliphatic rings. The van der Waals surface area contributed by atoms with Crippen LogP contribution in [0.1, 0.15) is 61.7 Å². The predicted molar refractivity (Wildman–Crippen MR) is 96.2 cm³/mol. The molecule has 4 nitrogen and oxygen atoms in total. The average molecular weight is 327 g/mol. The standard InChI is InChI=1S/C20H29N3O/c24-20(22-10-8-17-14-15-6-7-16(17)13-15)18-5-4-9-21-19(18)23-11-2-1-3-12-23/h4-5,9,15-17H,1-3,6-8,10-14H2,(H,22,24)/t15-,16-,17+/m1/s1. The van der Waals surface area contributed by atoms with Crippen LogP contribution >= 0.6 is 0 Å². The van der Waals surface area contributed by atoms with Gasteiger partial charge in [0.2, 0.25) is 0 Å². The van der Waals surface area contributed by atoms with Crippen LogP contribution in [0.4, 0.5) is 5.82 Å². The van der Waals surface area contributed by atoms with Crippen LogP contribution in [-0.4, -0.2) is 30.5 Å². The fourth-order valence-corrected chi connectivity index (χ4v) is 5.13. The molecule has 3 atom stereocenters. The second kappa shape index (κ2) is 7.12. The van der Waals surface area contributed by atoms with Crippen LogP contribution < -0.4 is 10.2 Å². The Hall–Kier alpha value is -1.58. The maximum absolute atomic E-state index is 12.7. The first-order chi connectivity index (χ1) is 11.8. The molecule has 24 heavy (non-hydrogen) atoms. The van der Waals surface area contributed by atoms with Gasteiger partial charge in [-0.2, -0.15) is 0 Å². The van der Waals surface area contributed by atoms with E-state index in [1.807, 2.05) is 12.1 Å². The molecule has 1 aromatic heterocycles. The van der Waals surface area contributed by atoms with E-state index in [0.717, 1.165) is 55.2 Å². The zero-order valence-electron chi connectivity index (χ0n) is 14.5. The van der Waals surface area contributed by atoms with Gasteiger partial charge in [0.05, 0.1) is 5.56 Å². The number of carbonyl (C=O) groups excluding carboxylic acids is 1. The Balaban J connectivity index is 1.34. The summed E-state index contributed by atoms with van der Waals surface area (Å²) in [6.07, 6.45) is 12.3. The van der Waals surface area contributed by atoms with Crippen molar-refractivity contribution in [1.29, 1.82) is 0 Å². The highest BCUT2D eigenvalue weighted by molar-refractivity contribution is 5.98. The fraction of sp³-hybridized carbons (Fsp3) is 0.700. The van der Waals surface area contributed by atoms with Crippen molar-refractivity contribution in [2.45, 2.75) is 51.4 Å². The van der Waals surface area contributed by atoms with Crippen molar-refractivity contribution >= 4 is 11.7 Å². The lowest BCUT2D eigenvalue weighted by molar-refractivity contribution is 0.0950. The maximum Gasteiger partial charge on any atom is 0.255 e. The highest BCUT2D eigenvalue weighted by atomic mass is 16.1. The smallest absolute Gasteiger partial charge is 0.255 e. The summed E-state index contributed by atoms with van der Waals surface area (Å²) in [7, 11) is 0. The Morgan fingerprint density at radius 2 is 2.08 bits per heavy atom. The Morgan fingerprint density at radius 1 is 1.21 bits per heavy atom. The zero-order chi connectivity index (χ0) is 16.4. The van der Waals surface area contributed by atoms with Gasteiger partial charge in [0.25, 0.3) is 5.91 Å². The van der Waals surface area contributed by atoms with Gasteiger partial charge in [-0.15, -0.1) is 0 Å². The van der Waals surface area contributed by atoms with Gasteiger partial charge in [-0.1, -0.05) is 6.42 Å². The molecule has 130 valence electrons. The number of nitrogens with zero attached hydrogens (tertiary/aromatic N) is 2. The number of hydrogen-bond acceptors (Lipinski definition) is 3. The number of piperidine rings is 1. The number of anilines is 1. The third-order valence-corrected chi connectivity index (χ3v) is 6.37. The van der Waals surface area contributed by atoms with Crippen molar-refractivity contribution in [3.05, 3.63) is 23.9 Å². The largest absolute Gasteiger partial charge is 0.356 e. The molecule has 1 amide bonds. The van der Waals surface area contributed by atoms with Gasteiger partial charge >= 0.3 is 0 Å². The van der Waals surface area contributed by atoms with Crippen molar-refractivity contribution in [3.63, 3.8) is 0 Å². The van der Waals surface area contributed by atoms with Crippen LogP contribution in [-0.2, 0) is 0 Å². The number of carbonyl (C=O) groups is 1. The van der Waals surface area contributed by atoms with Gasteiger partial charge in [-0.25, -0.2) is 4.98 Å². The molecule has 2 aliphatic carbocycles. The van der Waals surface area contributed by atoms with E-state index >= 15 is 0 Å². The summed E-state index contributed by atoms with van der Waals surface area (Å²) in [5.41, 5.74) is 0.743. The lowest BCUT2D eigenvalue weighted by Crippen LogP contribution is -2.34. The Bertz CT molecular complexity index is 582. The molecule has 2 heterocycles. The lowest BCUT2D eigenvalue weighted by Gasteiger charge is -2.29. The van der Waals surface area contributed by atoms with Crippen molar-refractivity contribution < 1.29 is 4.79 Å². The summed E-state index contributed by atoms with van der Waals surface area (Å²) in [6, 6.07) is 3.79.